The minimum Gasteiger partial charge on any atom is -0.341 e. The third-order valence-electron chi connectivity index (χ3n) is 6.84. The van der Waals surface area contributed by atoms with Crippen molar-refractivity contribution in [2.75, 3.05) is 13.1 Å². The standard InChI is InChI=1S/C30H28N6/c1-2-8-21(9-3-1)25-18-23(28-20-34-30(36-28)27-13-7-17-32-27)15-14-22(25)10-4-5-11-24-19-33-29(35-24)26-12-6-16-31-26/h1-3,8-9,14-15,18-20,26-27,31-32H,6-7,12-13,16-17H2,(H,33,35)(H,34,36)/t26-,27-/m0/s1. The van der Waals surface area contributed by atoms with Crippen molar-refractivity contribution < 1.29 is 0 Å². The highest BCUT2D eigenvalue weighted by atomic mass is 15.0. The first-order chi connectivity index (χ1) is 17.8. The molecule has 2 aromatic heterocycles. The van der Waals surface area contributed by atoms with Crippen LogP contribution in [0.15, 0.2) is 60.9 Å². The van der Waals surface area contributed by atoms with Crippen LogP contribution in [-0.4, -0.2) is 33.0 Å². The number of rotatable bonds is 4. The zero-order chi connectivity index (χ0) is 24.2. The Labute approximate surface area is 211 Å². The van der Waals surface area contributed by atoms with Crippen LogP contribution in [0.4, 0.5) is 0 Å². The van der Waals surface area contributed by atoms with Gasteiger partial charge in [-0.1, -0.05) is 42.3 Å². The Balaban J connectivity index is 1.27. The maximum Gasteiger partial charge on any atom is 0.124 e. The maximum absolute atomic E-state index is 4.64. The molecule has 2 atom stereocenters. The summed E-state index contributed by atoms with van der Waals surface area (Å²) in [6, 6.07) is 17.3. The van der Waals surface area contributed by atoms with Crippen molar-refractivity contribution in [1.82, 2.24) is 30.6 Å². The Kier molecular flexibility index (Phi) is 6.37. The first kappa shape index (κ1) is 22.4. The predicted octanol–water partition coefficient (Wildman–Crippen LogP) is 4.72. The average Bonchev–Trinajstić information content (AvgIpc) is 3.74. The molecule has 2 aliphatic rings. The van der Waals surface area contributed by atoms with E-state index in [1.54, 1.807) is 6.20 Å². The molecule has 4 aromatic rings. The van der Waals surface area contributed by atoms with Crippen molar-refractivity contribution >= 4 is 0 Å². The average molecular weight is 473 g/mol. The summed E-state index contributed by atoms with van der Waals surface area (Å²) in [6.45, 7) is 2.09. The third-order valence-corrected chi connectivity index (χ3v) is 6.84. The van der Waals surface area contributed by atoms with Gasteiger partial charge in [0.2, 0.25) is 0 Å². The van der Waals surface area contributed by atoms with Gasteiger partial charge in [-0.15, -0.1) is 0 Å². The summed E-state index contributed by atoms with van der Waals surface area (Å²) in [6.07, 6.45) is 8.31. The summed E-state index contributed by atoms with van der Waals surface area (Å²) in [5, 5.41) is 6.95. The third kappa shape index (κ3) is 4.83. The van der Waals surface area contributed by atoms with Crippen molar-refractivity contribution in [2.24, 2.45) is 0 Å². The van der Waals surface area contributed by atoms with Gasteiger partial charge in [0.1, 0.15) is 17.3 Å². The molecule has 36 heavy (non-hydrogen) atoms. The van der Waals surface area contributed by atoms with E-state index in [1.807, 2.05) is 24.4 Å². The molecule has 0 unspecified atom stereocenters. The number of aromatic amines is 2. The van der Waals surface area contributed by atoms with Crippen LogP contribution in [0.3, 0.4) is 0 Å². The molecule has 2 aromatic carbocycles. The summed E-state index contributed by atoms with van der Waals surface area (Å²) in [5.74, 6) is 14.4. The van der Waals surface area contributed by atoms with E-state index in [0.29, 0.717) is 12.1 Å². The van der Waals surface area contributed by atoms with Crippen LogP contribution in [0.2, 0.25) is 0 Å². The normalized spacial score (nSPS) is 18.9. The minimum atomic E-state index is 0.305. The van der Waals surface area contributed by atoms with Gasteiger partial charge in [-0.05, 0) is 79.8 Å². The topological polar surface area (TPSA) is 81.4 Å². The predicted molar refractivity (Wildman–Crippen MR) is 142 cm³/mol. The molecule has 178 valence electrons. The van der Waals surface area contributed by atoms with E-state index in [4.69, 9.17) is 0 Å². The quantitative estimate of drug-likeness (QED) is 0.324. The van der Waals surface area contributed by atoms with Gasteiger partial charge in [0.05, 0.1) is 30.2 Å². The number of hydrogen-bond acceptors (Lipinski definition) is 4. The number of nitrogens with zero attached hydrogens (tertiary/aromatic N) is 2. The molecule has 0 spiro atoms. The van der Waals surface area contributed by atoms with Crippen LogP contribution in [0, 0.1) is 23.7 Å². The molecule has 4 heterocycles. The van der Waals surface area contributed by atoms with Gasteiger partial charge in [-0.3, -0.25) is 0 Å². The van der Waals surface area contributed by atoms with E-state index < -0.39 is 0 Å². The summed E-state index contributed by atoms with van der Waals surface area (Å²) in [4.78, 5) is 15.9. The highest BCUT2D eigenvalue weighted by Crippen LogP contribution is 2.30. The van der Waals surface area contributed by atoms with Gasteiger partial charge in [-0.25, -0.2) is 9.97 Å². The Morgan fingerprint density at radius 1 is 0.722 bits per heavy atom. The second kappa shape index (κ2) is 10.3. The molecule has 0 bridgehead atoms. The maximum atomic E-state index is 4.64. The first-order valence-electron chi connectivity index (χ1n) is 12.6. The minimum absolute atomic E-state index is 0.305. The molecule has 6 heteroatoms. The lowest BCUT2D eigenvalue weighted by atomic mass is 9.96. The van der Waals surface area contributed by atoms with Crippen LogP contribution in [-0.2, 0) is 0 Å². The van der Waals surface area contributed by atoms with E-state index in [2.05, 4.69) is 84.6 Å². The fourth-order valence-corrected chi connectivity index (χ4v) is 4.95. The smallest absolute Gasteiger partial charge is 0.124 e. The molecule has 0 saturated carbocycles. The van der Waals surface area contributed by atoms with Gasteiger partial charge in [0, 0.05) is 11.1 Å². The Bertz CT molecular complexity index is 1460. The van der Waals surface area contributed by atoms with Crippen LogP contribution in [0.5, 0.6) is 0 Å². The lowest BCUT2D eigenvalue weighted by molar-refractivity contribution is 0.612. The fraction of sp³-hybridized carbons (Fsp3) is 0.267. The lowest BCUT2D eigenvalue weighted by Crippen LogP contribution is -2.14. The fourth-order valence-electron chi connectivity index (χ4n) is 4.95. The molecule has 6 rings (SSSR count). The Hall–Kier alpha value is -4.10. The van der Waals surface area contributed by atoms with Gasteiger partial charge in [0.25, 0.3) is 0 Å². The molecule has 0 aliphatic carbocycles. The van der Waals surface area contributed by atoms with E-state index in [0.717, 1.165) is 71.2 Å². The first-order valence-corrected chi connectivity index (χ1v) is 12.6. The molecule has 2 fully saturated rings. The van der Waals surface area contributed by atoms with Crippen LogP contribution >= 0.6 is 0 Å². The molecule has 0 radical (unpaired) electrons. The van der Waals surface area contributed by atoms with Gasteiger partial charge >= 0.3 is 0 Å². The monoisotopic (exact) mass is 472 g/mol. The number of H-pyrrole nitrogens is 2. The zero-order valence-corrected chi connectivity index (χ0v) is 20.1. The van der Waals surface area contributed by atoms with Crippen LogP contribution in [0.25, 0.3) is 22.4 Å². The molecule has 2 saturated heterocycles. The number of nitrogens with one attached hydrogen (secondary N) is 4. The van der Waals surface area contributed by atoms with E-state index in [9.17, 15) is 0 Å². The summed E-state index contributed by atoms with van der Waals surface area (Å²) in [7, 11) is 0. The van der Waals surface area contributed by atoms with E-state index >= 15 is 0 Å². The Morgan fingerprint density at radius 2 is 1.44 bits per heavy atom. The number of benzene rings is 2. The van der Waals surface area contributed by atoms with Crippen molar-refractivity contribution in [2.45, 2.75) is 37.8 Å². The summed E-state index contributed by atoms with van der Waals surface area (Å²) < 4.78 is 0. The van der Waals surface area contributed by atoms with Crippen molar-refractivity contribution in [3.05, 3.63) is 83.8 Å². The van der Waals surface area contributed by atoms with Crippen LogP contribution in [0.1, 0.15) is 60.7 Å². The van der Waals surface area contributed by atoms with Gasteiger partial charge in [-0.2, -0.15) is 0 Å². The van der Waals surface area contributed by atoms with E-state index in [-0.39, 0.29) is 0 Å². The summed E-state index contributed by atoms with van der Waals surface area (Å²) >= 11 is 0. The largest absolute Gasteiger partial charge is 0.341 e. The second-order valence-electron chi connectivity index (χ2n) is 9.29. The van der Waals surface area contributed by atoms with E-state index in [1.165, 1.54) is 12.8 Å². The highest BCUT2D eigenvalue weighted by molar-refractivity contribution is 5.77. The second-order valence-corrected chi connectivity index (χ2v) is 9.29. The number of hydrogen-bond donors (Lipinski definition) is 4. The zero-order valence-electron chi connectivity index (χ0n) is 20.1. The SMILES string of the molecule is C(C#Cc1ccc(-c2cnc([C@@H]3CCCN3)[nH]2)cc1-c1ccccc1)#Cc1cnc([C@@H]2CCCN2)[nH]1. The molecule has 2 aliphatic heterocycles. The number of imidazole rings is 2. The van der Waals surface area contributed by atoms with Crippen molar-refractivity contribution in [3.8, 4) is 46.1 Å². The van der Waals surface area contributed by atoms with Crippen molar-refractivity contribution in [3.63, 3.8) is 0 Å². The molecule has 6 nitrogen and oxygen atoms in total. The molecule has 4 N–H and O–H groups in total. The van der Waals surface area contributed by atoms with Gasteiger partial charge < -0.3 is 20.6 Å². The van der Waals surface area contributed by atoms with Crippen molar-refractivity contribution in [1.29, 1.82) is 0 Å². The highest BCUT2D eigenvalue weighted by Gasteiger charge is 2.20. The Morgan fingerprint density at radius 3 is 2.19 bits per heavy atom. The molecular formula is C30H28N6. The molecule has 0 amide bonds. The van der Waals surface area contributed by atoms with Crippen LogP contribution < -0.4 is 10.6 Å². The summed E-state index contributed by atoms with van der Waals surface area (Å²) in [5.41, 5.74) is 6.04. The number of aromatic nitrogens is 4. The van der Waals surface area contributed by atoms with Gasteiger partial charge in [0.15, 0.2) is 0 Å². The lowest BCUT2D eigenvalue weighted by Gasteiger charge is -2.08. The molecular weight excluding hydrogens is 444 g/mol.